The van der Waals surface area contributed by atoms with Gasteiger partial charge in [-0.1, -0.05) is 5.16 Å². The van der Waals surface area contributed by atoms with Gasteiger partial charge in [0.15, 0.2) is 0 Å². The van der Waals surface area contributed by atoms with Crippen LogP contribution in [-0.2, 0) is 9.63 Å². The molecular weight excluding hydrogens is 192 g/mol. The summed E-state index contributed by atoms with van der Waals surface area (Å²) in [5.41, 5.74) is 6.60. The van der Waals surface area contributed by atoms with E-state index in [1.54, 1.807) is 0 Å². The Hall–Kier alpha value is -0.900. The van der Waals surface area contributed by atoms with Crippen molar-refractivity contribution in [3.63, 3.8) is 0 Å². The number of oxime groups is 1. The van der Waals surface area contributed by atoms with Gasteiger partial charge in [0, 0.05) is 5.92 Å². The molecule has 1 atom stereocenters. The van der Waals surface area contributed by atoms with Gasteiger partial charge >= 0.3 is 5.97 Å². The van der Waals surface area contributed by atoms with Crippen molar-refractivity contribution in [1.29, 1.82) is 0 Å². The fraction of sp³-hybridized carbons (Fsp3) is 0.818. The lowest BCUT2D eigenvalue weighted by atomic mass is 9.77. The van der Waals surface area contributed by atoms with Crippen LogP contribution in [0.3, 0.4) is 0 Å². The maximum atomic E-state index is 11.2. The van der Waals surface area contributed by atoms with E-state index in [0.29, 0.717) is 11.8 Å². The zero-order chi connectivity index (χ0) is 10.8. The Morgan fingerprint density at radius 3 is 2.53 bits per heavy atom. The summed E-state index contributed by atoms with van der Waals surface area (Å²) >= 11 is 0. The SMILES string of the molecule is CC1C(=O)ON=C1C1CCC(CN)CC1. The second kappa shape index (κ2) is 4.31. The average molecular weight is 210 g/mol. The maximum Gasteiger partial charge on any atom is 0.343 e. The highest BCUT2D eigenvalue weighted by Gasteiger charge is 2.35. The van der Waals surface area contributed by atoms with Crippen LogP contribution >= 0.6 is 0 Å². The highest BCUT2D eigenvalue weighted by Crippen LogP contribution is 2.32. The second-order valence-corrected chi connectivity index (χ2v) is 4.60. The van der Waals surface area contributed by atoms with Crippen molar-refractivity contribution in [3.05, 3.63) is 0 Å². The fourth-order valence-corrected chi connectivity index (χ4v) is 2.50. The fourth-order valence-electron chi connectivity index (χ4n) is 2.50. The van der Waals surface area contributed by atoms with Gasteiger partial charge in [-0.25, -0.2) is 4.79 Å². The molecule has 0 aromatic rings. The third-order valence-corrected chi connectivity index (χ3v) is 3.64. The van der Waals surface area contributed by atoms with E-state index in [9.17, 15) is 4.79 Å². The maximum absolute atomic E-state index is 11.2. The largest absolute Gasteiger partial charge is 0.343 e. The van der Waals surface area contributed by atoms with E-state index in [2.05, 4.69) is 5.16 Å². The topological polar surface area (TPSA) is 64.7 Å². The average Bonchev–Trinajstić information content (AvgIpc) is 2.60. The number of hydrogen-bond acceptors (Lipinski definition) is 4. The van der Waals surface area contributed by atoms with Crippen molar-refractivity contribution in [2.24, 2.45) is 28.6 Å². The van der Waals surface area contributed by atoms with Crippen LogP contribution in [0.4, 0.5) is 0 Å². The minimum atomic E-state index is -0.203. The number of carbonyl (C=O) groups is 1. The number of nitrogens with zero attached hydrogens (tertiary/aromatic N) is 1. The van der Waals surface area contributed by atoms with Crippen LogP contribution in [0.15, 0.2) is 5.16 Å². The van der Waals surface area contributed by atoms with Gasteiger partial charge in [-0.2, -0.15) is 0 Å². The monoisotopic (exact) mass is 210 g/mol. The van der Waals surface area contributed by atoms with Gasteiger partial charge in [0.1, 0.15) is 0 Å². The van der Waals surface area contributed by atoms with Crippen molar-refractivity contribution in [2.45, 2.75) is 32.6 Å². The summed E-state index contributed by atoms with van der Waals surface area (Å²) in [5.74, 6) is 0.764. The molecule has 1 saturated carbocycles. The molecule has 1 aliphatic heterocycles. The number of hydrogen-bond donors (Lipinski definition) is 1. The first-order chi connectivity index (χ1) is 7.22. The van der Waals surface area contributed by atoms with E-state index in [4.69, 9.17) is 10.6 Å². The molecule has 1 fully saturated rings. The Morgan fingerprint density at radius 1 is 1.40 bits per heavy atom. The molecule has 1 heterocycles. The van der Waals surface area contributed by atoms with Crippen molar-refractivity contribution in [1.82, 2.24) is 0 Å². The highest BCUT2D eigenvalue weighted by molar-refractivity contribution is 6.05. The number of rotatable bonds is 2. The van der Waals surface area contributed by atoms with Gasteiger partial charge in [-0.05, 0) is 45.1 Å². The zero-order valence-corrected chi connectivity index (χ0v) is 9.11. The van der Waals surface area contributed by atoms with E-state index in [1.807, 2.05) is 6.92 Å². The van der Waals surface area contributed by atoms with Crippen LogP contribution in [-0.4, -0.2) is 18.2 Å². The quantitative estimate of drug-likeness (QED) is 0.699. The molecule has 4 nitrogen and oxygen atoms in total. The standard InChI is InChI=1S/C11H18N2O2/c1-7-10(13-15-11(7)14)9-4-2-8(6-12)3-5-9/h7-9H,2-6,12H2,1H3. The molecule has 2 rings (SSSR count). The minimum absolute atomic E-state index is 0.135. The van der Waals surface area contributed by atoms with Crippen LogP contribution in [0.5, 0.6) is 0 Å². The first-order valence-electron chi connectivity index (χ1n) is 5.71. The molecule has 0 radical (unpaired) electrons. The molecule has 0 aromatic carbocycles. The smallest absolute Gasteiger partial charge is 0.330 e. The summed E-state index contributed by atoms with van der Waals surface area (Å²) in [6.07, 6.45) is 4.51. The van der Waals surface area contributed by atoms with Crippen molar-refractivity contribution < 1.29 is 9.63 Å². The Balaban J connectivity index is 1.94. The summed E-state index contributed by atoms with van der Waals surface area (Å²) in [5, 5.41) is 3.91. The van der Waals surface area contributed by atoms with Crippen molar-refractivity contribution in [3.8, 4) is 0 Å². The zero-order valence-electron chi connectivity index (χ0n) is 9.11. The van der Waals surface area contributed by atoms with E-state index in [0.717, 1.165) is 37.9 Å². The number of nitrogens with two attached hydrogens (primary N) is 1. The molecule has 0 saturated heterocycles. The summed E-state index contributed by atoms with van der Waals surface area (Å²) in [4.78, 5) is 15.9. The molecule has 1 aliphatic carbocycles. The van der Waals surface area contributed by atoms with Crippen LogP contribution in [0.25, 0.3) is 0 Å². The van der Waals surface area contributed by atoms with Gasteiger partial charge in [0.05, 0.1) is 11.6 Å². The van der Waals surface area contributed by atoms with Gasteiger partial charge in [-0.15, -0.1) is 0 Å². The molecule has 0 spiro atoms. The van der Waals surface area contributed by atoms with E-state index < -0.39 is 0 Å². The molecule has 0 aromatic heterocycles. The predicted octanol–water partition coefficient (Wildman–Crippen LogP) is 1.30. The molecular formula is C11H18N2O2. The first-order valence-corrected chi connectivity index (χ1v) is 5.71. The second-order valence-electron chi connectivity index (χ2n) is 4.60. The normalized spacial score (nSPS) is 36.3. The molecule has 0 amide bonds. The lowest BCUT2D eigenvalue weighted by Gasteiger charge is -2.27. The summed E-state index contributed by atoms with van der Waals surface area (Å²) < 4.78 is 0. The van der Waals surface area contributed by atoms with Crippen LogP contribution in [0.2, 0.25) is 0 Å². The van der Waals surface area contributed by atoms with Crippen molar-refractivity contribution in [2.75, 3.05) is 6.54 Å². The Kier molecular flexibility index (Phi) is 3.05. The Morgan fingerprint density at radius 2 is 2.07 bits per heavy atom. The van der Waals surface area contributed by atoms with Crippen LogP contribution < -0.4 is 5.73 Å². The van der Waals surface area contributed by atoms with E-state index >= 15 is 0 Å². The van der Waals surface area contributed by atoms with Crippen molar-refractivity contribution >= 4 is 11.7 Å². The van der Waals surface area contributed by atoms with Gasteiger partial charge in [0.25, 0.3) is 0 Å². The molecule has 2 N–H and O–H groups in total. The van der Waals surface area contributed by atoms with Gasteiger partial charge in [0.2, 0.25) is 0 Å². The molecule has 2 aliphatic rings. The lowest BCUT2D eigenvalue weighted by Crippen LogP contribution is -2.29. The molecule has 1 unspecified atom stereocenters. The Bertz CT molecular complexity index is 280. The molecule has 4 heteroatoms. The third-order valence-electron chi connectivity index (χ3n) is 3.64. The van der Waals surface area contributed by atoms with Crippen LogP contribution in [0.1, 0.15) is 32.6 Å². The van der Waals surface area contributed by atoms with E-state index in [-0.39, 0.29) is 11.9 Å². The molecule has 15 heavy (non-hydrogen) atoms. The van der Waals surface area contributed by atoms with Gasteiger partial charge < -0.3 is 10.6 Å². The number of carbonyl (C=O) groups excluding carboxylic acids is 1. The highest BCUT2D eigenvalue weighted by atomic mass is 16.7. The minimum Gasteiger partial charge on any atom is -0.330 e. The van der Waals surface area contributed by atoms with Gasteiger partial charge in [-0.3, -0.25) is 0 Å². The molecule has 84 valence electrons. The Labute approximate surface area is 89.8 Å². The van der Waals surface area contributed by atoms with E-state index in [1.165, 1.54) is 0 Å². The third kappa shape index (κ3) is 2.04. The van der Waals surface area contributed by atoms with Crippen LogP contribution in [0, 0.1) is 17.8 Å². The summed E-state index contributed by atoms with van der Waals surface area (Å²) in [7, 11) is 0. The predicted molar refractivity (Wildman–Crippen MR) is 57.2 cm³/mol. The summed E-state index contributed by atoms with van der Waals surface area (Å²) in [6, 6.07) is 0. The first kappa shape index (κ1) is 10.6. The summed E-state index contributed by atoms with van der Waals surface area (Å²) in [6.45, 7) is 2.66. The lowest BCUT2D eigenvalue weighted by molar-refractivity contribution is -0.142. The molecule has 0 bridgehead atoms.